The third-order valence-corrected chi connectivity index (χ3v) is 6.30. The van der Waals surface area contributed by atoms with Gasteiger partial charge in [-0.05, 0) is 31.9 Å². The van der Waals surface area contributed by atoms with Crippen LogP contribution in [0.2, 0.25) is 5.02 Å². The van der Waals surface area contributed by atoms with Crippen LogP contribution in [0.15, 0.2) is 24.5 Å². The molecule has 174 valence electrons. The van der Waals surface area contributed by atoms with Gasteiger partial charge in [0.25, 0.3) is 0 Å². The molecular weight excluding hydrogens is 469 g/mol. The topological polar surface area (TPSA) is 110 Å². The fraction of sp³-hybridized carbons (Fsp3) is 0.421. The van der Waals surface area contributed by atoms with Crippen molar-refractivity contribution < 1.29 is 22.5 Å². The van der Waals surface area contributed by atoms with E-state index in [4.69, 9.17) is 22.4 Å². The van der Waals surface area contributed by atoms with Crippen molar-refractivity contribution in [3.8, 4) is 11.3 Å². The number of nitrogen functional groups attached to an aromatic ring is 1. The zero-order valence-corrected chi connectivity index (χ0v) is 18.9. The highest BCUT2D eigenvalue weighted by molar-refractivity contribution is 7.81. The van der Waals surface area contributed by atoms with Crippen molar-refractivity contribution in [1.29, 1.82) is 0 Å². The molecule has 4 heterocycles. The number of hydrogen-bond acceptors (Lipinski definition) is 6. The summed E-state index contributed by atoms with van der Waals surface area (Å²) < 4.78 is 52.6. The molecule has 0 aliphatic carbocycles. The quantitative estimate of drug-likeness (QED) is 0.571. The van der Waals surface area contributed by atoms with Gasteiger partial charge in [0.05, 0.1) is 57.0 Å². The number of aromatic nitrogens is 4. The van der Waals surface area contributed by atoms with Gasteiger partial charge >= 0.3 is 6.18 Å². The molecule has 1 aliphatic heterocycles. The van der Waals surface area contributed by atoms with Crippen LogP contribution in [-0.4, -0.2) is 58.7 Å². The van der Waals surface area contributed by atoms with E-state index in [0.29, 0.717) is 23.3 Å². The molecule has 2 atom stereocenters. The predicted molar refractivity (Wildman–Crippen MR) is 116 cm³/mol. The van der Waals surface area contributed by atoms with E-state index in [9.17, 15) is 17.4 Å². The molecule has 1 fully saturated rings. The zero-order chi connectivity index (χ0) is 23.6. The van der Waals surface area contributed by atoms with Crippen molar-refractivity contribution in [2.24, 2.45) is 0 Å². The van der Waals surface area contributed by atoms with Crippen molar-refractivity contribution in [2.75, 3.05) is 25.1 Å². The van der Waals surface area contributed by atoms with E-state index in [1.54, 1.807) is 10.6 Å². The number of aliphatic hydroxyl groups is 1. The fourth-order valence-corrected chi connectivity index (χ4v) is 4.35. The normalized spacial score (nSPS) is 18.3. The molecule has 8 nitrogen and oxygen atoms in total. The summed E-state index contributed by atoms with van der Waals surface area (Å²) in [6.07, 6.45) is 1.49. The summed E-state index contributed by atoms with van der Waals surface area (Å²) in [6, 6.07) is 2.33. The highest BCUT2D eigenvalue weighted by Gasteiger charge is 2.33. The van der Waals surface area contributed by atoms with Gasteiger partial charge in [-0.15, -0.1) is 0 Å². The maximum Gasteiger partial charge on any atom is 0.418 e. The Kier molecular flexibility index (Phi) is 7.38. The Hall–Kier alpha value is -2.28. The number of piperidine rings is 1. The summed E-state index contributed by atoms with van der Waals surface area (Å²) in [7, 11) is -0.899. The molecule has 0 spiro atoms. The number of hydrogen-bond donors (Lipinski definition) is 2. The first kappa shape index (κ1) is 24.4. The molecular formula is C19H22ClF3N6O2S. The zero-order valence-electron chi connectivity index (χ0n) is 17.3. The Morgan fingerprint density at radius 1 is 1.31 bits per heavy atom. The molecule has 1 saturated heterocycles. The van der Waals surface area contributed by atoms with E-state index < -0.39 is 22.7 Å². The first-order chi connectivity index (χ1) is 15.0. The number of nitrogens with zero attached hydrogens (tertiary/aromatic N) is 5. The lowest BCUT2D eigenvalue weighted by molar-refractivity contribution is -0.138. The Morgan fingerprint density at radius 2 is 2.03 bits per heavy atom. The van der Waals surface area contributed by atoms with Gasteiger partial charge in [0, 0.05) is 24.9 Å². The number of nitrogens with two attached hydrogens (primary N) is 1. The predicted octanol–water partition coefficient (Wildman–Crippen LogP) is 3.09. The molecule has 0 aromatic carbocycles. The molecule has 2 unspecified atom stereocenters. The molecule has 3 aromatic heterocycles. The van der Waals surface area contributed by atoms with Crippen molar-refractivity contribution in [3.63, 3.8) is 0 Å². The molecule has 0 radical (unpaired) electrons. The molecule has 1 aliphatic rings. The number of pyridine rings is 1. The number of rotatable bonds is 2. The second kappa shape index (κ2) is 9.69. The van der Waals surface area contributed by atoms with E-state index in [1.165, 1.54) is 29.9 Å². The smallest absolute Gasteiger partial charge is 0.392 e. The average molecular weight is 491 g/mol. The van der Waals surface area contributed by atoms with E-state index in [2.05, 4.69) is 15.1 Å². The van der Waals surface area contributed by atoms with Crippen LogP contribution < -0.4 is 5.73 Å². The number of β-amino-alcohol motifs (C(OH)–C–C–N with tert-alkyl or cyclic N) is 1. The first-order valence-electron chi connectivity index (χ1n) is 9.58. The molecule has 13 heteroatoms. The van der Waals surface area contributed by atoms with Gasteiger partial charge < -0.3 is 10.8 Å². The largest absolute Gasteiger partial charge is 0.418 e. The van der Waals surface area contributed by atoms with Crippen LogP contribution in [0.5, 0.6) is 0 Å². The molecule has 32 heavy (non-hydrogen) atoms. The highest BCUT2D eigenvalue weighted by atomic mass is 35.5. The second-order valence-corrected chi connectivity index (χ2v) is 8.99. The van der Waals surface area contributed by atoms with E-state index in [1.807, 2.05) is 0 Å². The summed E-state index contributed by atoms with van der Waals surface area (Å²) in [5.74, 6) is 0.0161. The van der Waals surface area contributed by atoms with E-state index in [0.717, 1.165) is 25.5 Å². The lowest BCUT2D eigenvalue weighted by Crippen LogP contribution is -2.38. The fourth-order valence-electron chi connectivity index (χ4n) is 3.39. The van der Waals surface area contributed by atoms with Crippen LogP contribution in [0.3, 0.4) is 0 Å². The Labute approximate surface area is 189 Å². The Balaban J connectivity index is 0.000000243. The number of aryl methyl sites for hydroxylation is 1. The van der Waals surface area contributed by atoms with E-state index >= 15 is 0 Å². The molecule has 0 bridgehead atoms. The SMILES string of the molecule is CS(=O)N1CCCC(O)C1.Cc1c(C(F)(F)F)ccc2c(-c3nc(N)ncc3Cl)cnn12. The van der Waals surface area contributed by atoms with E-state index in [-0.39, 0.29) is 22.8 Å². The van der Waals surface area contributed by atoms with Crippen molar-refractivity contribution in [1.82, 2.24) is 23.9 Å². The third-order valence-electron chi connectivity index (χ3n) is 4.97. The van der Waals surface area contributed by atoms with Gasteiger partial charge in [0.1, 0.15) is 0 Å². The minimum atomic E-state index is -4.44. The second-order valence-electron chi connectivity index (χ2n) is 7.22. The van der Waals surface area contributed by atoms with Crippen LogP contribution in [0.25, 0.3) is 16.8 Å². The molecule has 3 aromatic rings. The van der Waals surface area contributed by atoms with Crippen molar-refractivity contribution >= 4 is 34.1 Å². The molecule has 3 N–H and O–H groups in total. The van der Waals surface area contributed by atoms with Gasteiger partial charge in [0.2, 0.25) is 5.95 Å². The van der Waals surface area contributed by atoms with Gasteiger partial charge in [0.15, 0.2) is 0 Å². The monoisotopic (exact) mass is 490 g/mol. The molecule has 0 amide bonds. The standard InChI is InChI=1S/C13H9ClF3N5.C6H13NO2S/c1-6-8(13(15,16)17)2-3-10-7(4-20-22(6)10)11-9(14)5-19-12(18)21-11;1-10(9)7-4-2-3-6(8)5-7/h2-5H,1H3,(H2,18,19,21);6,8H,2-5H2,1H3. The lowest BCUT2D eigenvalue weighted by Gasteiger charge is -2.27. The maximum atomic E-state index is 12.9. The first-order valence-corrected chi connectivity index (χ1v) is 11.5. The van der Waals surface area contributed by atoms with Crippen LogP contribution in [0.1, 0.15) is 24.1 Å². The Morgan fingerprint density at radius 3 is 2.62 bits per heavy atom. The Bertz CT molecular complexity index is 1140. The molecule has 4 rings (SSSR count). The minimum absolute atomic E-state index is 0.0161. The van der Waals surface area contributed by atoms with Gasteiger partial charge in [-0.3, -0.25) is 0 Å². The van der Waals surface area contributed by atoms with Gasteiger partial charge in [-0.2, -0.15) is 18.3 Å². The number of fused-ring (bicyclic) bond motifs is 1. The number of aliphatic hydroxyl groups excluding tert-OH is 1. The van der Waals surface area contributed by atoms with Crippen LogP contribution >= 0.6 is 11.6 Å². The van der Waals surface area contributed by atoms with Crippen LogP contribution in [0.4, 0.5) is 19.1 Å². The summed E-state index contributed by atoms with van der Waals surface area (Å²) in [4.78, 5) is 7.78. The van der Waals surface area contributed by atoms with Crippen LogP contribution in [0, 0.1) is 6.92 Å². The number of alkyl halides is 3. The van der Waals surface area contributed by atoms with Gasteiger partial charge in [-0.1, -0.05) is 11.6 Å². The average Bonchev–Trinajstić information content (AvgIpc) is 3.14. The summed E-state index contributed by atoms with van der Waals surface area (Å²) in [6.45, 7) is 2.78. The molecule has 0 saturated carbocycles. The van der Waals surface area contributed by atoms with Crippen molar-refractivity contribution in [3.05, 3.63) is 40.8 Å². The van der Waals surface area contributed by atoms with Crippen LogP contribution in [-0.2, 0) is 17.2 Å². The minimum Gasteiger partial charge on any atom is -0.392 e. The number of anilines is 1. The lowest BCUT2D eigenvalue weighted by atomic mass is 10.1. The highest BCUT2D eigenvalue weighted by Crippen LogP contribution is 2.35. The maximum absolute atomic E-state index is 12.9. The number of halogens is 4. The summed E-state index contributed by atoms with van der Waals surface area (Å²) in [5.41, 5.74) is 6.02. The van der Waals surface area contributed by atoms with Crippen molar-refractivity contribution in [2.45, 2.75) is 32.0 Å². The summed E-state index contributed by atoms with van der Waals surface area (Å²) in [5, 5.41) is 13.4. The van der Waals surface area contributed by atoms with Gasteiger partial charge in [-0.25, -0.2) is 23.0 Å². The third kappa shape index (κ3) is 5.37. The summed E-state index contributed by atoms with van der Waals surface area (Å²) >= 11 is 6.03.